The fourth-order valence-corrected chi connectivity index (χ4v) is 2.11. The Balaban J connectivity index is 2.66. The van der Waals surface area contributed by atoms with Crippen molar-refractivity contribution in [2.24, 2.45) is 7.05 Å². The second-order valence-electron chi connectivity index (χ2n) is 4.35. The van der Waals surface area contributed by atoms with Crippen LogP contribution < -0.4 is 4.90 Å². The average molecular weight is 214 g/mol. The van der Waals surface area contributed by atoms with E-state index >= 15 is 0 Å². The molecule has 3 heteroatoms. The third-order valence-electron chi connectivity index (χ3n) is 2.95. The van der Waals surface area contributed by atoms with Crippen molar-refractivity contribution >= 4 is 10.9 Å². The summed E-state index contributed by atoms with van der Waals surface area (Å²) in [5.41, 5.74) is 2.29. The lowest BCUT2D eigenvalue weighted by Crippen LogP contribution is -3.06. The Morgan fingerprint density at radius 3 is 2.62 bits per heavy atom. The van der Waals surface area contributed by atoms with Gasteiger partial charge in [-0.05, 0) is 6.07 Å². The SMILES string of the molecule is Cn1cc([C@H](C#N)[NH+](C)C)c2ccccc21. The molecule has 16 heavy (non-hydrogen) atoms. The second-order valence-corrected chi connectivity index (χ2v) is 4.35. The van der Waals surface area contributed by atoms with Crippen LogP contribution in [0.5, 0.6) is 0 Å². The highest BCUT2D eigenvalue weighted by atomic mass is 15.1. The van der Waals surface area contributed by atoms with Crippen LogP contribution in [0.4, 0.5) is 0 Å². The molecule has 2 rings (SSSR count). The second kappa shape index (κ2) is 3.99. The topological polar surface area (TPSA) is 33.2 Å². The first-order chi connectivity index (χ1) is 7.65. The molecule has 0 saturated heterocycles. The number of nitriles is 1. The van der Waals surface area contributed by atoms with E-state index in [4.69, 9.17) is 0 Å². The van der Waals surface area contributed by atoms with Crippen molar-refractivity contribution < 1.29 is 4.90 Å². The predicted octanol–water partition coefficient (Wildman–Crippen LogP) is 0.887. The van der Waals surface area contributed by atoms with Gasteiger partial charge in [-0.2, -0.15) is 5.26 Å². The molecule has 1 aromatic carbocycles. The number of nitrogens with one attached hydrogen (secondary N) is 1. The van der Waals surface area contributed by atoms with Crippen LogP contribution in [0.1, 0.15) is 11.6 Å². The van der Waals surface area contributed by atoms with Crippen LogP contribution in [0.15, 0.2) is 30.5 Å². The highest BCUT2D eigenvalue weighted by molar-refractivity contribution is 5.84. The molecular formula is C13H16N3+. The molecule has 2 aromatic rings. The minimum atomic E-state index is -0.105. The summed E-state index contributed by atoms with van der Waals surface area (Å²) >= 11 is 0. The van der Waals surface area contributed by atoms with Gasteiger partial charge in [-0.1, -0.05) is 18.2 Å². The molecule has 82 valence electrons. The number of para-hydroxylation sites is 1. The first-order valence-corrected chi connectivity index (χ1v) is 5.38. The molecule has 0 aliphatic carbocycles. The smallest absolute Gasteiger partial charge is 0.202 e. The summed E-state index contributed by atoms with van der Waals surface area (Å²) in [5, 5.41) is 10.4. The van der Waals surface area contributed by atoms with Crippen molar-refractivity contribution in [2.75, 3.05) is 14.1 Å². The van der Waals surface area contributed by atoms with Crippen molar-refractivity contribution in [3.8, 4) is 6.07 Å². The Morgan fingerprint density at radius 1 is 1.31 bits per heavy atom. The van der Waals surface area contributed by atoms with Crippen molar-refractivity contribution in [2.45, 2.75) is 6.04 Å². The van der Waals surface area contributed by atoms with Crippen molar-refractivity contribution in [1.29, 1.82) is 5.26 Å². The molecule has 1 atom stereocenters. The minimum absolute atomic E-state index is 0.105. The Labute approximate surface area is 95.5 Å². The normalized spacial score (nSPS) is 12.9. The van der Waals surface area contributed by atoms with Crippen molar-refractivity contribution in [1.82, 2.24) is 4.57 Å². The summed E-state index contributed by atoms with van der Waals surface area (Å²) in [6, 6.07) is 10.5. The van der Waals surface area contributed by atoms with E-state index in [1.807, 2.05) is 33.3 Å². The molecule has 0 bridgehead atoms. The zero-order valence-electron chi connectivity index (χ0n) is 9.86. The van der Waals surface area contributed by atoms with Crippen LogP contribution in [0.25, 0.3) is 10.9 Å². The Kier molecular flexibility index (Phi) is 2.67. The van der Waals surface area contributed by atoms with Crippen LogP contribution in [-0.4, -0.2) is 18.7 Å². The van der Waals surface area contributed by atoms with Crippen LogP contribution in [0.2, 0.25) is 0 Å². The van der Waals surface area contributed by atoms with Crippen LogP contribution >= 0.6 is 0 Å². The summed E-state index contributed by atoms with van der Waals surface area (Å²) in [6.45, 7) is 0. The first-order valence-electron chi connectivity index (χ1n) is 5.38. The molecule has 1 heterocycles. The largest absolute Gasteiger partial charge is 0.350 e. The molecule has 0 unspecified atom stereocenters. The van der Waals surface area contributed by atoms with Gasteiger partial charge in [0.25, 0.3) is 0 Å². The number of aryl methyl sites for hydroxylation is 1. The number of aromatic nitrogens is 1. The Bertz CT molecular complexity index is 546. The van der Waals surface area contributed by atoms with Crippen LogP contribution in [-0.2, 0) is 7.05 Å². The molecule has 1 N–H and O–H groups in total. The average Bonchev–Trinajstić information content (AvgIpc) is 2.58. The van der Waals surface area contributed by atoms with Crippen LogP contribution in [0, 0.1) is 11.3 Å². The van der Waals surface area contributed by atoms with E-state index in [0.717, 1.165) is 10.5 Å². The molecule has 3 nitrogen and oxygen atoms in total. The standard InChI is InChI=1S/C13H15N3/c1-15(2)13(8-14)11-9-16(3)12-7-5-4-6-10(11)12/h4-7,9,13H,1-3H3/p+1/t13-/m0/s1. The summed E-state index contributed by atoms with van der Waals surface area (Å²) in [7, 11) is 6.04. The molecule has 1 aromatic heterocycles. The molecule has 0 amide bonds. The van der Waals surface area contributed by atoms with E-state index in [9.17, 15) is 5.26 Å². The van der Waals surface area contributed by atoms with E-state index in [-0.39, 0.29) is 6.04 Å². The number of fused-ring (bicyclic) bond motifs is 1. The number of hydrogen-bond donors (Lipinski definition) is 1. The maximum atomic E-state index is 9.24. The van der Waals surface area contributed by atoms with Gasteiger partial charge in [-0.15, -0.1) is 0 Å². The zero-order valence-corrected chi connectivity index (χ0v) is 9.86. The zero-order chi connectivity index (χ0) is 11.7. The highest BCUT2D eigenvalue weighted by Crippen LogP contribution is 2.23. The highest BCUT2D eigenvalue weighted by Gasteiger charge is 2.21. The number of benzene rings is 1. The van der Waals surface area contributed by atoms with Gasteiger partial charge in [0.05, 0.1) is 14.1 Å². The quantitative estimate of drug-likeness (QED) is 0.791. The molecular weight excluding hydrogens is 198 g/mol. The fourth-order valence-electron chi connectivity index (χ4n) is 2.11. The molecule has 0 aliphatic rings. The monoisotopic (exact) mass is 214 g/mol. The van der Waals surface area contributed by atoms with Crippen molar-refractivity contribution in [3.05, 3.63) is 36.0 Å². The maximum Gasteiger partial charge on any atom is 0.202 e. The number of quaternary nitrogens is 1. The fraction of sp³-hybridized carbons (Fsp3) is 0.308. The Morgan fingerprint density at radius 2 is 2.00 bits per heavy atom. The summed E-state index contributed by atoms with van der Waals surface area (Å²) in [4.78, 5) is 1.14. The van der Waals surface area contributed by atoms with Gasteiger partial charge in [0.2, 0.25) is 6.04 Å². The van der Waals surface area contributed by atoms with E-state index < -0.39 is 0 Å². The lowest BCUT2D eigenvalue weighted by atomic mass is 10.1. The lowest BCUT2D eigenvalue weighted by Gasteiger charge is -2.13. The van der Waals surface area contributed by atoms with Gasteiger partial charge in [-0.3, -0.25) is 0 Å². The van der Waals surface area contributed by atoms with E-state index in [1.165, 1.54) is 10.9 Å². The lowest BCUT2D eigenvalue weighted by molar-refractivity contribution is -0.882. The third-order valence-corrected chi connectivity index (χ3v) is 2.95. The summed E-state index contributed by atoms with van der Waals surface area (Å²) in [5.74, 6) is 0. The van der Waals surface area contributed by atoms with E-state index in [2.05, 4.69) is 29.0 Å². The first kappa shape index (κ1) is 10.7. The predicted molar refractivity (Wildman–Crippen MR) is 64.1 cm³/mol. The third kappa shape index (κ3) is 1.58. The van der Waals surface area contributed by atoms with E-state index in [0.29, 0.717) is 0 Å². The molecule has 0 fully saturated rings. The summed E-state index contributed by atoms with van der Waals surface area (Å²) in [6.07, 6.45) is 2.06. The van der Waals surface area contributed by atoms with E-state index in [1.54, 1.807) is 0 Å². The van der Waals surface area contributed by atoms with Gasteiger partial charge in [-0.25, -0.2) is 0 Å². The number of nitrogens with zero attached hydrogens (tertiary/aromatic N) is 2. The maximum absolute atomic E-state index is 9.24. The molecule has 0 spiro atoms. The van der Waals surface area contributed by atoms with Gasteiger partial charge >= 0.3 is 0 Å². The Hall–Kier alpha value is -1.79. The minimum Gasteiger partial charge on any atom is -0.350 e. The van der Waals surface area contributed by atoms with Gasteiger partial charge < -0.3 is 9.47 Å². The number of hydrogen-bond acceptors (Lipinski definition) is 1. The van der Waals surface area contributed by atoms with Gasteiger partial charge in [0.1, 0.15) is 6.07 Å². The van der Waals surface area contributed by atoms with Gasteiger partial charge in [0.15, 0.2) is 0 Å². The number of rotatable bonds is 2. The molecule has 0 aliphatic heterocycles. The molecule has 0 saturated carbocycles. The summed E-state index contributed by atoms with van der Waals surface area (Å²) < 4.78 is 2.08. The van der Waals surface area contributed by atoms with Gasteiger partial charge in [0, 0.05) is 29.7 Å². The van der Waals surface area contributed by atoms with Crippen LogP contribution in [0.3, 0.4) is 0 Å². The molecule has 0 radical (unpaired) electrons. The van der Waals surface area contributed by atoms with Crippen molar-refractivity contribution in [3.63, 3.8) is 0 Å².